The summed E-state index contributed by atoms with van der Waals surface area (Å²) in [6, 6.07) is -0.794. The fourth-order valence-corrected chi connectivity index (χ4v) is 4.54. The van der Waals surface area contributed by atoms with Gasteiger partial charge in [0, 0.05) is 18.3 Å². The predicted molar refractivity (Wildman–Crippen MR) is 83.5 cm³/mol. The Morgan fingerprint density at radius 1 is 1.43 bits per heavy atom. The van der Waals surface area contributed by atoms with Crippen molar-refractivity contribution in [2.45, 2.75) is 50.1 Å². The maximum Gasteiger partial charge on any atom is 0.327 e. The summed E-state index contributed by atoms with van der Waals surface area (Å²) in [6.07, 6.45) is 3.82. The molecule has 7 heteroatoms. The molecule has 3 unspecified atom stereocenters. The number of carbonyl (C=O) groups excluding carboxylic acids is 1. The van der Waals surface area contributed by atoms with Gasteiger partial charge in [-0.15, -0.1) is 11.8 Å². The second kappa shape index (κ2) is 7.35. The van der Waals surface area contributed by atoms with Gasteiger partial charge in [-0.3, -0.25) is 4.90 Å². The third kappa shape index (κ3) is 4.03. The fraction of sp³-hybridized carbons (Fsp3) is 0.857. The third-order valence-corrected chi connectivity index (χ3v) is 5.46. The number of carboxylic acids is 1. The van der Waals surface area contributed by atoms with Crippen molar-refractivity contribution < 1.29 is 14.7 Å². The van der Waals surface area contributed by atoms with Crippen LogP contribution in [0.25, 0.3) is 0 Å². The summed E-state index contributed by atoms with van der Waals surface area (Å²) in [6.45, 7) is 3.95. The number of hydrogen-bond acceptors (Lipinski definition) is 4. The van der Waals surface area contributed by atoms with Crippen molar-refractivity contribution in [1.82, 2.24) is 15.1 Å². The van der Waals surface area contributed by atoms with Crippen molar-refractivity contribution in [1.29, 1.82) is 0 Å². The number of likely N-dealkylation sites (tertiary alicyclic amines) is 1. The van der Waals surface area contributed by atoms with Crippen LogP contribution in [0, 0.1) is 0 Å². The number of nitrogens with one attached hydrogen (secondary N) is 1. The number of rotatable bonds is 4. The van der Waals surface area contributed by atoms with Crippen LogP contribution in [0.4, 0.5) is 4.79 Å². The minimum absolute atomic E-state index is 0.0163. The Bertz CT molecular complexity index is 394. The minimum Gasteiger partial charge on any atom is -0.480 e. The Balaban J connectivity index is 2.00. The highest BCUT2D eigenvalue weighted by Crippen LogP contribution is 2.32. The van der Waals surface area contributed by atoms with Crippen LogP contribution in [0.1, 0.15) is 32.6 Å². The van der Waals surface area contributed by atoms with Crippen LogP contribution in [0.2, 0.25) is 0 Å². The highest BCUT2D eigenvalue weighted by molar-refractivity contribution is 8.00. The van der Waals surface area contributed by atoms with Crippen LogP contribution >= 0.6 is 11.8 Å². The zero-order chi connectivity index (χ0) is 15.4. The average molecular weight is 315 g/mol. The molecule has 2 rings (SSSR count). The molecule has 2 fully saturated rings. The molecule has 2 amide bonds. The lowest BCUT2D eigenvalue weighted by Gasteiger charge is -2.33. The second-order valence-corrected chi connectivity index (χ2v) is 7.10. The molecule has 0 radical (unpaired) electrons. The lowest BCUT2D eigenvalue weighted by molar-refractivity contribution is -0.141. The molecule has 6 nitrogen and oxygen atoms in total. The van der Waals surface area contributed by atoms with Gasteiger partial charge >= 0.3 is 12.0 Å². The van der Waals surface area contributed by atoms with E-state index in [0.717, 1.165) is 38.8 Å². The van der Waals surface area contributed by atoms with Crippen LogP contribution in [0.5, 0.6) is 0 Å². The number of thioether (sulfide) groups is 1. The summed E-state index contributed by atoms with van der Waals surface area (Å²) in [5.41, 5.74) is 0. The van der Waals surface area contributed by atoms with E-state index in [4.69, 9.17) is 0 Å². The molecule has 0 aromatic carbocycles. The normalized spacial score (nSPS) is 30.4. The van der Waals surface area contributed by atoms with Crippen LogP contribution in [-0.2, 0) is 4.79 Å². The first-order chi connectivity index (χ1) is 10.0. The van der Waals surface area contributed by atoms with Crippen LogP contribution in [-0.4, -0.2) is 70.3 Å². The first-order valence-electron chi connectivity index (χ1n) is 7.64. The third-order valence-electron chi connectivity index (χ3n) is 4.10. The predicted octanol–water partition coefficient (Wildman–Crippen LogP) is 1.42. The number of carboxylic acid groups (broad SMARTS) is 1. The molecule has 3 atom stereocenters. The fourth-order valence-electron chi connectivity index (χ4n) is 3.03. The van der Waals surface area contributed by atoms with Gasteiger partial charge in [0.25, 0.3) is 0 Å². The minimum atomic E-state index is -0.906. The van der Waals surface area contributed by atoms with Gasteiger partial charge in [0.1, 0.15) is 6.04 Å². The molecular formula is C14H25N3O3S. The Hall–Kier alpha value is -0.950. The molecule has 0 aromatic heterocycles. The van der Waals surface area contributed by atoms with Crippen molar-refractivity contribution in [3.8, 4) is 0 Å². The average Bonchev–Trinajstić information content (AvgIpc) is 2.83. The lowest BCUT2D eigenvalue weighted by atomic mass is 10.1. The summed E-state index contributed by atoms with van der Waals surface area (Å²) in [5.74, 6) is -0.421. The molecule has 2 saturated heterocycles. The SMILES string of the molecule is CCCC1SCC(C(=O)O)N1C(=O)NC1CCCN(C)C1. The second-order valence-electron chi connectivity index (χ2n) is 5.89. The zero-order valence-corrected chi connectivity index (χ0v) is 13.6. The Morgan fingerprint density at radius 3 is 2.81 bits per heavy atom. The highest BCUT2D eigenvalue weighted by Gasteiger charge is 2.41. The van der Waals surface area contributed by atoms with E-state index in [9.17, 15) is 14.7 Å². The van der Waals surface area contributed by atoms with Gasteiger partial charge in [-0.2, -0.15) is 0 Å². The number of piperidine rings is 1. The standard InChI is InChI=1S/C14H25N3O3S/c1-3-5-12-17(11(9-21-12)13(18)19)14(20)15-10-6-4-7-16(2)8-10/h10-12H,3-9H2,1-2H3,(H,15,20)(H,18,19). The smallest absolute Gasteiger partial charge is 0.327 e. The van der Waals surface area contributed by atoms with Crippen LogP contribution in [0.15, 0.2) is 0 Å². The molecular weight excluding hydrogens is 290 g/mol. The highest BCUT2D eigenvalue weighted by atomic mass is 32.2. The summed E-state index contributed by atoms with van der Waals surface area (Å²) < 4.78 is 0. The topological polar surface area (TPSA) is 72.9 Å². The Kier molecular flexibility index (Phi) is 5.75. The molecule has 0 spiro atoms. The summed E-state index contributed by atoms with van der Waals surface area (Å²) >= 11 is 1.58. The first-order valence-corrected chi connectivity index (χ1v) is 8.69. The van der Waals surface area contributed by atoms with Gasteiger partial charge in [-0.25, -0.2) is 9.59 Å². The van der Waals surface area contributed by atoms with E-state index in [1.807, 2.05) is 7.05 Å². The van der Waals surface area contributed by atoms with Gasteiger partial charge in [0.2, 0.25) is 0 Å². The van der Waals surface area contributed by atoms with E-state index in [0.29, 0.717) is 5.75 Å². The number of amides is 2. The van der Waals surface area contributed by atoms with Crippen molar-refractivity contribution in [3.05, 3.63) is 0 Å². The molecule has 2 N–H and O–H groups in total. The van der Waals surface area contributed by atoms with Gasteiger partial charge in [0.15, 0.2) is 0 Å². The molecule has 0 saturated carbocycles. The monoisotopic (exact) mass is 315 g/mol. The summed E-state index contributed by atoms with van der Waals surface area (Å²) in [7, 11) is 2.05. The summed E-state index contributed by atoms with van der Waals surface area (Å²) in [4.78, 5) is 27.7. The van der Waals surface area contributed by atoms with E-state index in [1.165, 1.54) is 0 Å². The van der Waals surface area contributed by atoms with Crippen molar-refractivity contribution in [3.63, 3.8) is 0 Å². The lowest BCUT2D eigenvalue weighted by Crippen LogP contribution is -2.55. The number of nitrogens with zero attached hydrogens (tertiary/aromatic N) is 2. The molecule has 120 valence electrons. The summed E-state index contributed by atoms with van der Waals surface area (Å²) in [5, 5.41) is 12.3. The zero-order valence-electron chi connectivity index (χ0n) is 12.7. The van der Waals surface area contributed by atoms with Gasteiger partial charge in [-0.1, -0.05) is 13.3 Å². The van der Waals surface area contributed by atoms with Crippen molar-refractivity contribution >= 4 is 23.8 Å². The maximum absolute atomic E-state index is 12.5. The number of aliphatic carboxylic acids is 1. The van der Waals surface area contributed by atoms with Crippen molar-refractivity contribution in [2.24, 2.45) is 0 Å². The molecule has 0 aliphatic carbocycles. The van der Waals surface area contributed by atoms with E-state index >= 15 is 0 Å². The van der Waals surface area contributed by atoms with Gasteiger partial charge in [0.05, 0.1) is 5.37 Å². The van der Waals surface area contributed by atoms with Crippen LogP contribution in [0.3, 0.4) is 0 Å². The quantitative estimate of drug-likeness (QED) is 0.821. The number of hydrogen-bond donors (Lipinski definition) is 2. The number of carbonyl (C=O) groups is 2. The van der Waals surface area contributed by atoms with Crippen LogP contribution < -0.4 is 5.32 Å². The molecule has 2 aliphatic rings. The van der Waals surface area contributed by atoms with Gasteiger partial charge in [-0.05, 0) is 32.9 Å². The Labute approximate surface area is 130 Å². The van der Waals surface area contributed by atoms with E-state index in [-0.39, 0.29) is 17.4 Å². The number of urea groups is 1. The van der Waals surface area contributed by atoms with E-state index in [1.54, 1.807) is 16.7 Å². The molecule has 2 heterocycles. The van der Waals surface area contributed by atoms with E-state index in [2.05, 4.69) is 17.1 Å². The molecule has 0 bridgehead atoms. The number of likely N-dealkylation sites (N-methyl/N-ethyl adjacent to an activating group) is 1. The molecule has 21 heavy (non-hydrogen) atoms. The maximum atomic E-state index is 12.5. The van der Waals surface area contributed by atoms with Crippen molar-refractivity contribution in [2.75, 3.05) is 25.9 Å². The Morgan fingerprint density at radius 2 is 2.19 bits per heavy atom. The first kappa shape index (κ1) is 16.4. The largest absolute Gasteiger partial charge is 0.480 e. The molecule has 2 aliphatic heterocycles. The van der Waals surface area contributed by atoms with Gasteiger partial charge < -0.3 is 15.3 Å². The van der Waals surface area contributed by atoms with E-state index < -0.39 is 12.0 Å². The molecule has 0 aromatic rings.